The summed E-state index contributed by atoms with van der Waals surface area (Å²) in [5.74, 6) is -1.25. The van der Waals surface area contributed by atoms with E-state index in [4.69, 9.17) is 4.74 Å². The number of methoxy groups -OCH3 is 1. The van der Waals surface area contributed by atoms with Crippen molar-refractivity contribution in [2.24, 2.45) is 0 Å². The summed E-state index contributed by atoms with van der Waals surface area (Å²) >= 11 is 0. The van der Waals surface area contributed by atoms with Crippen LogP contribution in [0.4, 0.5) is 14.5 Å². The Morgan fingerprint density at radius 3 is 2.72 bits per heavy atom. The molecule has 0 saturated carbocycles. The van der Waals surface area contributed by atoms with Crippen molar-refractivity contribution in [1.82, 2.24) is 4.98 Å². The lowest BCUT2D eigenvalue weighted by atomic mass is 10.1. The highest BCUT2D eigenvalue weighted by molar-refractivity contribution is 5.92. The molecular formula is C19H18F2N2O2. The van der Waals surface area contributed by atoms with Crippen molar-refractivity contribution in [3.8, 4) is 5.75 Å². The van der Waals surface area contributed by atoms with Crippen LogP contribution in [0.5, 0.6) is 5.75 Å². The molecule has 3 rings (SSSR count). The molecule has 130 valence electrons. The van der Waals surface area contributed by atoms with Crippen LogP contribution in [0.25, 0.3) is 10.9 Å². The summed E-state index contributed by atoms with van der Waals surface area (Å²) < 4.78 is 32.8. The lowest BCUT2D eigenvalue weighted by Crippen LogP contribution is -2.15. The zero-order valence-electron chi connectivity index (χ0n) is 13.9. The van der Waals surface area contributed by atoms with E-state index in [0.29, 0.717) is 22.5 Å². The third-order valence-electron chi connectivity index (χ3n) is 4.01. The fourth-order valence-corrected chi connectivity index (χ4v) is 2.76. The fourth-order valence-electron chi connectivity index (χ4n) is 2.76. The van der Waals surface area contributed by atoms with E-state index in [-0.39, 0.29) is 12.1 Å². The van der Waals surface area contributed by atoms with Gasteiger partial charge in [0.15, 0.2) is 11.6 Å². The number of nitrogens with zero attached hydrogens (tertiary/aromatic N) is 1. The summed E-state index contributed by atoms with van der Waals surface area (Å²) in [6, 6.07) is 11.1. The van der Waals surface area contributed by atoms with E-state index in [9.17, 15) is 13.9 Å². The first kappa shape index (κ1) is 17.1. The molecule has 0 fully saturated rings. The summed E-state index contributed by atoms with van der Waals surface area (Å²) in [6.07, 6.45) is 0. The third kappa shape index (κ3) is 3.39. The predicted octanol–water partition coefficient (Wildman–Crippen LogP) is 3.98. The molecule has 1 heterocycles. The molecule has 0 aliphatic rings. The number of aromatic nitrogens is 1. The number of hydrogen-bond donors (Lipinski definition) is 2. The van der Waals surface area contributed by atoms with E-state index < -0.39 is 17.7 Å². The van der Waals surface area contributed by atoms with Gasteiger partial charge in [0.2, 0.25) is 0 Å². The molecule has 2 aromatic carbocycles. The highest BCUT2D eigenvalue weighted by Gasteiger charge is 2.16. The fraction of sp³-hybridized carbons (Fsp3) is 0.211. The molecule has 0 saturated heterocycles. The lowest BCUT2D eigenvalue weighted by molar-refractivity contribution is 0.276. The molecule has 0 aliphatic carbocycles. The number of benzene rings is 2. The van der Waals surface area contributed by atoms with Gasteiger partial charge in [0.1, 0.15) is 11.3 Å². The molecule has 4 nitrogen and oxygen atoms in total. The molecule has 0 radical (unpaired) electrons. The molecule has 0 aliphatic heterocycles. The van der Waals surface area contributed by atoms with Crippen molar-refractivity contribution >= 4 is 16.6 Å². The van der Waals surface area contributed by atoms with E-state index in [1.807, 2.05) is 24.3 Å². The number of rotatable bonds is 5. The number of aryl methyl sites for hydroxylation is 1. The van der Waals surface area contributed by atoms with Crippen LogP contribution in [-0.4, -0.2) is 23.8 Å². The van der Waals surface area contributed by atoms with Crippen LogP contribution in [0.3, 0.4) is 0 Å². The van der Waals surface area contributed by atoms with Gasteiger partial charge in [-0.1, -0.05) is 12.1 Å². The second-order valence-electron chi connectivity index (χ2n) is 5.72. The minimum absolute atomic E-state index is 0.0372. The Morgan fingerprint density at radius 2 is 2.00 bits per heavy atom. The van der Waals surface area contributed by atoms with Crippen LogP contribution in [0, 0.1) is 18.6 Å². The number of fused-ring (bicyclic) bond motifs is 1. The van der Waals surface area contributed by atoms with Gasteiger partial charge in [0, 0.05) is 16.8 Å². The Hall–Kier alpha value is -2.73. The van der Waals surface area contributed by atoms with Crippen molar-refractivity contribution in [2.45, 2.75) is 13.0 Å². The molecule has 6 heteroatoms. The number of ether oxygens (including phenoxy) is 1. The second kappa shape index (κ2) is 7.03. The first-order chi connectivity index (χ1) is 12.0. The number of anilines is 1. The maximum atomic E-state index is 14.1. The Balaban J connectivity index is 2.05. The summed E-state index contributed by atoms with van der Waals surface area (Å²) in [5, 5.41) is 13.4. The van der Waals surface area contributed by atoms with Gasteiger partial charge in [0.05, 0.1) is 19.8 Å². The Bertz CT molecular complexity index is 915. The van der Waals surface area contributed by atoms with E-state index >= 15 is 0 Å². The average molecular weight is 344 g/mol. The molecule has 0 amide bonds. The van der Waals surface area contributed by atoms with Gasteiger partial charge in [-0.15, -0.1) is 0 Å². The number of aliphatic hydroxyl groups is 1. The van der Waals surface area contributed by atoms with Crippen LogP contribution in [-0.2, 0) is 0 Å². The standard InChI is InChI=1S/C19H18F2N2O2/c1-11-8-16(14-6-7-15(20)18(21)19(14)22-11)23-17(10-24)12-4-3-5-13(9-12)25-2/h3-9,17,24H,10H2,1-2H3,(H,22,23). The number of hydrogen-bond acceptors (Lipinski definition) is 4. The van der Waals surface area contributed by atoms with Gasteiger partial charge < -0.3 is 15.2 Å². The predicted molar refractivity (Wildman–Crippen MR) is 92.8 cm³/mol. The first-order valence-electron chi connectivity index (χ1n) is 7.80. The number of halogens is 2. The summed E-state index contributed by atoms with van der Waals surface area (Å²) in [4.78, 5) is 4.09. The van der Waals surface area contributed by atoms with Crippen LogP contribution < -0.4 is 10.1 Å². The zero-order valence-corrected chi connectivity index (χ0v) is 13.9. The van der Waals surface area contributed by atoms with Gasteiger partial charge in [-0.25, -0.2) is 13.8 Å². The topological polar surface area (TPSA) is 54.4 Å². The maximum Gasteiger partial charge on any atom is 0.185 e. The molecule has 0 bridgehead atoms. The quantitative estimate of drug-likeness (QED) is 0.735. The van der Waals surface area contributed by atoms with Crippen molar-refractivity contribution in [1.29, 1.82) is 0 Å². The summed E-state index contributed by atoms with van der Waals surface area (Å²) in [6.45, 7) is 1.52. The largest absolute Gasteiger partial charge is 0.497 e. The van der Waals surface area contributed by atoms with E-state index in [1.54, 1.807) is 20.1 Å². The minimum Gasteiger partial charge on any atom is -0.497 e. The van der Waals surface area contributed by atoms with Crippen molar-refractivity contribution < 1.29 is 18.6 Å². The van der Waals surface area contributed by atoms with E-state index in [2.05, 4.69) is 10.3 Å². The third-order valence-corrected chi connectivity index (χ3v) is 4.01. The number of nitrogens with one attached hydrogen (secondary N) is 1. The minimum atomic E-state index is -0.980. The van der Waals surface area contributed by atoms with Gasteiger partial charge in [-0.3, -0.25) is 0 Å². The Kier molecular flexibility index (Phi) is 4.81. The van der Waals surface area contributed by atoms with Crippen molar-refractivity contribution in [2.75, 3.05) is 19.0 Å². The summed E-state index contributed by atoms with van der Waals surface area (Å²) in [7, 11) is 1.57. The highest BCUT2D eigenvalue weighted by atomic mass is 19.2. The second-order valence-corrected chi connectivity index (χ2v) is 5.72. The number of pyridine rings is 1. The van der Waals surface area contributed by atoms with Crippen molar-refractivity contribution in [3.63, 3.8) is 0 Å². The molecule has 25 heavy (non-hydrogen) atoms. The normalized spacial score (nSPS) is 12.2. The Morgan fingerprint density at radius 1 is 1.20 bits per heavy atom. The van der Waals surface area contributed by atoms with Gasteiger partial charge in [0.25, 0.3) is 0 Å². The first-order valence-corrected chi connectivity index (χ1v) is 7.80. The van der Waals surface area contributed by atoms with Crippen LogP contribution >= 0.6 is 0 Å². The molecule has 2 N–H and O–H groups in total. The van der Waals surface area contributed by atoms with Gasteiger partial charge >= 0.3 is 0 Å². The van der Waals surface area contributed by atoms with Crippen LogP contribution in [0.15, 0.2) is 42.5 Å². The molecule has 3 aromatic rings. The van der Waals surface area contributed by atoms with Crippen LogP contribution in [0.1, 0.15) is 17.3 Å². The van der Waals surface area contributed by atoms with Crippen molar-refractivity contribution in [3.05, 3.63) is 65.4 Å². The SMILES string of the molecule is COc1cccc(C(CO)Nc2cc(C)nc3c(F)c(F)ccc23)c1. The molecule has 0 spiro atoms. The monoisotopic (exact) mass is 344 g/mol. The zero-order chi connectivity index (χ0) is 18.0. The van der Waals surface area contributed by atoms with Gasteiger partial charge in [-0.05, 0) is 42.8 Å². The molecule has 1 atom stereocenters. The van der Waals surface area contributed by atoms with Gasteiger partial charge in [-0.2, -0.15) is 0 Å². The maximum absolute atomic E-state index is 14.1. The summed E-state index contributed by atoms with van der Waals surface area (Å²) in [5.41, 5.74) is 1.89. The van der Waals surface area contributed by atoms with E-state index in [0.717, 1.165) is 11.6 Å². The van der Waals surface area contributed by atoms with E-state index in [1.165, 1.54) is 6.07 Å². The van der Waals surface area contributed by atoms with Crippen LogP contribution in [0.2, 0.25) is 0 Å². The molecular weight excluding hydrogens is 326 g/mol. The lowest BCUT2D eigenvalue weighted by Gasteiger charge is -2.20. The smallest absolute Gasteiger partial charge is 0.185 e. The average Bonchev–Trinajstić information content (AvgIpc) is 2.63. The number of aliphatic hydroxyl groups excluding tert-OH is 1. The molecule has 1 unspecified atom stereocenters. The highest BCUT2D eigenvalue weighted by Crippen LogP contribution is 2.30. The Labute approximate surface area is 144 Å². The molecule has 1 aromatic heterocycles.